The standard InChI is InChI=1S/C17H21N3O2/c1-11-5-6-13(10-14(11)17-19-7-8-22-17)20-16(21)9-12-3-2-4-15(12)18/h5-8,10,12,15H,2-4,9,18H2,1H3,(H,20,21)/t12-,15+/m0/s1. The molecule has 0 radical (unpaired) electrons. The zero-order valence-electron chi connectivity index (χ0n) is 12.7. The van der Waals surface area contributed by atoms with Crippen LogP contribution in [0.5, 0.6) is 0 Å². The van der Waals surface area contributed by atoms with Gasteiger partial charge in [-0.2, -0.15) is 0 Å². The van der Waals surface area contributed by atoms with Crippen molar-refractivity contribution in [3.05, 3.63) is 36.2 Å². The number of hydrogen-bond acceptors (Lipinski definition) is 4. The normalized spacial score (nSPS) is 21.0. The highest BCUT2D eigenvalue weighted by Gasteiger charge is 2.26. The molecule has 3 rings (SSSR count). The highest BCUT2D eigenvalue weighted by Crippen LogP contribution is 2.28. The van der Waals surface area contributed by atoms with Gasteiger partial charge in [-0.1, -0.05) is 12.5 Å². The Morgan fingerprint density at radius 1 is 1.45 bits per heavy atom. The molecular formula is C17H21N3O2. The SMILES string of the molecule is Cc1ccc(NC(=O)C[C@@H]2CCC[C@H]2N)cc1-c1ncco1. The van der Waals surface area contributed by atoms with Crippen molar-refractivity contribution in [3.8, 4) is 11.5 Å². The topological polar surface area (TPSA) is 81.2 Å². The van der Waals surface area contributed by atoms with Crippen LogP contribution in [-0.2, 0) is 4.79 Å². The minimum Gasteiger partial charge on any atom is -0.445 e. The smallest absolute Gasteiger partial charge is 0.226 e. The number of aromatic nitrogens is 1. The van der Waals surface area contributed by atoms with Gasteiger partial charge in [0.1, 0.15) is 6.26 Å². The second-order valence-electron chi connectivity index (χ2n) is 5.97. The third-order valence-electron chi connectivity index (χ3n) is 4.35. The third kappa shape index (κ3) is 3.20. The largest absolute Gasteiger partial charge is 0.445 e. The molecule has 1 aliphatic rings. The van der Waals surface area contributed by atoms with Crippen molar-refractivity contribution in [1.29, 1.82) is 0 Å². The van der Waals surface area contributed by atoms with E-state index in [-0.39, 0.29) is 11.9 Å². The summed E-state index contributed by atoms with van der Waals surface area (Å²) in [7, 11) is 0. The Kier molecular flexibility index (Phi) is 4.24. The van der Waals surface area contributed by atoms with Gasteiger partial charge in [-0.3, -0.25) is 4.79 Å². The van der Waals surface area contributed by atoms with Gasteiger partial charge in [0.15, 0.2) is 0 Å². The number of benzene rings is 1. The Bertz CT molecular complexity index is 652. The number of nitrogens with zero attached hydrogens (tertiary/aromatic N) is 1. The predicted octanol–water partition coefficient (Wildman–Crippen LogP) is 3.11. The molecule has 1 aliphatic carbocycles. The van der Waals surface area contributed by atoms with Gasteiger partial charge in [0.05, 0.1) is 6.20 Å². The molecule has 5 heteroatoms. The number of hydrogen-bond donors (Lipinski definition) is 2. The van der Waals surface area contributed by atoms with Crippen LogP contribution in [0.15, 0.2) is 35.1 Å². The second kappa shape index (κ2) is 6.32. The van der Waals surface area contributed by atoms with E-state index in [2.05, 4.69) is 10.3 Å². The van der Waals surface area contributed by atoms with Gasteiger partial charge in [-0.25, -0.2) is 4.98 Å². The molecule has 3 N–H and O–H groups in total. The molecule has 1 aromatic carbocycles. The van der Waals surface area contributed by atoms with Crippen molar-refractivity contribution in [2.75, 3.05) is 5.32 Å². The lowest BCUT2D eigenvalue weighted by Gasteiger charge is -2.15. The molecule has 0 spiro atoms. The maximum absolute atomic E-state index is 12.2. The molecular weight excluding hydrogens is 278 g/mol. The van der Waals surface area contributed by atoms with Gasteiger partial charge in [-0.15, -0.1) is 0 Å². The van der Waals surface area contributed by atoms with E-state index in [0.717, 1.165) is 36.1 Å². The fourth-order valence-corrected chi connectivity index (χ4v) is 3.06. The van der Waals surface area contributed by atoms with Crippen LogP contribution in [0.3, 0.4) is 0 Å². The molecule has 1 amide bonds. The number of aryl methyl sites for hydroxylation is 1. The first kappa shape index (κ1) is 14.8. The Balaban J connectivity index is 1.70. The molecule has 2 aromatic rings. The van der Waals surface area contributed by atoms with Crippen LogP contribution in [0, 0.1) is 12.8 Å². The summed E-state index contributed by atoms with van der Waals surface area (Å²) in [6.45, 7) is 1.99. The molecule has 1 saturated carbocycles. The van der Waals surface area contributed by atoms with E-state index in [4.69, 9.17) is 10.2 Å². The summed E-state index contributed by atoms with van der Waals surface area (Å²) in [4.78, 5) is 16.4. The van der Waals surface area contributed by atoms with E-state index in [1.54, 1.807) is 12.5 Å². The number of amides is 1. The van der Waals surface area contributed by atoms with E-state index < -0.39 is 0 Å². The van der Waals surface area contributed by atoms with E-state index in [9.17, 15) is 4.79 Å². The minimum absolute atomic E-state index is 0.0181. The van der Waals surface area contributed by atoms with Gasteiger partial charge in [0, 0.05) is 23.7 Å². The summed E-state index contributed by atoms with van der Waals surface area (Å²) >= 11 is 0. The molecule has 0 bridgehead atoms. The van der Waals surface area contributed by atoms with Crippen molar-refractivity contribution in [2.24, 2.45) is 11.7 Å². The Morgan fingerprint density at radius 3 is 3.00 bits per heavy atom. The Labute approximate surface area is 129 Å². The Hall–Kier alpha value is -2.14. The van der Waals surface area contributed by atoms with Crippen molar-refractivity contribution in [1.82, 2.24) is 4.98 Å². The lowest BCUT2D eigenvalue weighted by atomic mass is 10.00. The summed E-state index contributed by atoms with van der Waals surface area (Å²) < 4.78 is 5.34. The first-order valence-corrected chi connectivity index (χ1v) is 7.69. The average molecular weight is 299 g/mol. The number of rotatable bonds is 4. The molecule has 22 heavy (non-hydrogen) atoms. The van der Waals surface area contributed by atoms with Crippen LogP contribution < -0.4 is 11.1 Å². The first-order chi connectivity index (χ1) is 10.6. The number of oxazole rings is 1. The predicted molar refractivity (Wildman–Crippen MR) is 85.2 cm³/mol. The van der Waals surface area contributed by atoms with E-state index in [0.29, 0.717) is 18.2 Å². The summed E-state index contributed by atoms with van der Waals surface area (Å²) in [6, 6.07) is 5.91. The number of anilines is 1. The fourth-order valence-electron chi connectivity index (χ4n) is 3.06. The molecule has 5 nitrogen and oxygen atoms in total. The molecule has 0 saturated heterocycles. The molecule has 0 unspecified atom stereocenters. The van der Waals surface area contributed by atoms with Crippen molar-refractivity contribution in [3.63, 3.8) is 0 Å². The fraction of sp³-hybridized carbons (Fsp3) is 0.412. The maximum Gasteiger partial charge on any atom is 0.226 e. The summed E-state index contributed by atoms with van der Waals surface area (Å²) in [5.74, 6) is 0.882. The van der Waals surface area contributed by atoms with E-state index in [1.165, 1.54) is 0 Å². The summed E-state index contributed by atoms with van der Waals surface area (Å²) in [5.41, 5.74) is 8.73. The van der Waals surface area contributed by atoms with Crippen LogP contribution in [-0.4, -0.2) is 16.9 Å². The summed E-state index contributed by atoms with van der Waals surface area (Å²) in [5, 5.41) is 2.95. The van der Waals surface area contributed by atoms with Crippen molar-refractivity contribution >= 4 is 11.6 Å². The molecule has 2 atom stereocenters. The number of nitrogens with one attached hydrogen (secondary N) is 1. The number of carbonyl (C=O) groups is 1. The Morgan fingerprint density at radius 2 is 2.32 bits per heavy atom. The molecule has 1 aromatic heterocycles. The quantitative estimate of drug-likeness (QED) is 0.909. The minimum atomic E-state index is 0.0181. The molecule has 1 fully saturated rings. The van der Waals surface area contributed by atoms with Gasteiger partial charge in [-0.05, 0) is 43.4 Å². The highest BCUT2D eigenvalue weighted by atomic mass is 16.3. The molecule has 116 valence electrons. The third-order valence-corrected chi connectivity index (χ3v) is 4.35. The van der Waals surface area contributed by atoms with Crippen LogP contribution in [0.25, 0.3) is 11.5 Å². The van der Waals surface area contributed by atoms with E-state index in [1.807, 2.05) is 25.1 Å². The first-order valence-electron chi connectivity index (χ1n) is 7.69. The zero-order chi connectivity index (χ0) is 15.5. The van der Waals surface area contributed by atoms with Crippen LogP contribution >= 0.6 is 0 Å². The zero-order valence-corrected chi connectivity index (χ0v) is 12.7. The highest BCUT2D eigenvalue weighted by molar-refractivity contribution is 5.91. The van der Waals surface area contributed by atoms with Crippen molar-refractivity contribution < 1.29 is 9.21 Å². The van der Waals surface area contributed by atoms with Crippen LogP contribution in [0.4, 0.5) is 5.69 Å². The number of nitrogens with two attached hydrogens (primary N) is 1. The number of carbonyl (C=O) groups excluding carboxylic acids is 1. The lowest BCUT2D eigenvalue weighted by molar-refractivity contribution is -0.117. The molecule has 1 heterocycles. The van der Waals surface area contributed by atoms with Gasteiger partial charge in [0.25, 0.3) is 0 Å². The van der Waals surface area contributed by atoms with Crippen LogP contribution in [0.2, 0.25) is 0 Å². The monoisotopic (exact) mass is 299 g/mol. The molecule has 0 aliphatic heterocycles. The lowest BCUT2D eigenvalue weighted by Crippen LogP contribution is -2.28. The van der Waals surface area contributed by atoms with Gasteiger partial charge in [0.2, 0.25) is 11.8 Å². The average Bonchev–Trinajstić information content (AvgIpc) is 3.14. The van der Waals surface area contributed by atoms with Gasteiger partial charge >= 0.3 is 0 Å². The van der Waals surface area contributed by atoms with E-state index >= 15 is 0 Å². The van der Waals surface area contributed by atoms with Crippen LogP contribution in [0.1, 0.15) is 31.2 Å². The van der Waals surface area contributed by atoms with Crippen molar-refractivity contribution in [2.45, 2.75) is 38.6 Å². The van der Waals surface area contributed by atoms with Gasteiger partial charge < -0.3 is 15.5 Å². The second-order valence-corrected chi connectivity index (χ2v) is 5.97. The summed E-state index contributed by atoms with van der Waals surface area (Å²) in [6.07, 6.45) is 6.84. The maximum atomic E-state index is 12.2.